The van der Waals surface area contributed by atoms with E-state index in [4.69, 9.17) is 14.5 Å². The molecule has 0 aliphatic carbocycles. The summed E-state index contributed by atoms with van der Waals surface area (Å²) >= 11 is 1.52. The van der Waals surface area contributed by atoms with Crippen molar-refractivity contribution in [1.82, 2.24) is 9.55 Å². The number of fused-ring (bicyclic) bond motifs is 1. The van der Waals surface area contributed by atoms with E-state index in [0.717, 1.165) is 16.9 Å². The molecule has 0 aliphatic rings. The molecular weight excluding hydrogens is 396 g/mol. The van der Waals surface area contributed by atoms with Crippen LogP contribution < -0.4 is 15.0 Å². The van der Waals surface area contributed by atoms with Gasteiger partial charge < -0.3 is 9.47 Å². The average Bonchev–Trinajstić information content (AvgIpc) is 2.78. The fraction of sp³-hybridized carbons (Fsp3) is 0.167. The molecule has 3 aromatic carbocycles. The number of methoxy groups -OCH3 is 2. The highest BCUT2D eigenvalue weighted by Gasteiger charge is 2.16. The van der Waals surface area contributed by atoms with E-state index in [1.807, 2.05) is 73.7 Å². The molecule has 6 heteroatoms. The molecule has 1 heterocycles. The van der Waals surface area contributed by atoms with Crippen molar-refractivity contribution in [2.45, 2.75) is 17.8 Å². The normalized spacial score (nSPS) is 10.9. The standard InChI is InChI=1S/C24H22N2O3S/c1-16-8-13-20-19(14-16)23(27)26(21-6-4-5-7-22(21)29-3)24(25-20)30-15-17-9-11-18(28-2)12-10-17/h4-14H,15H2,1-3H3. The smallest absolute Gasteiger partial charge is 0.266 e. The molecule has 1 aromatic heterocycles. The minimum absolute atomic E-state index is 0.106. The summed E-state index contributed by atoms with van der Waals surface area (Å²) in [5.41, 5.74) is 3.40. The van der Waals surface area contributed by atoms with Crippen molar-refractivity contribution < 1.29 is 9.47 Å². The predicted molar refractivity (Wildman–Crippen MR) is 121 cm³/mol. The molecule has 4 rings (SSSR count). The van der Waals surface area contributed by atoms with Gasteiger partial charge in [0.15, 0.2) is 5.16 Å². The first kappa shape index (κ1) is 20.0. The van der Waals surface area contributed by atoms with Crippen LogP contribution in [0, 0.1) is 6.92 Å². The molecule has 0 aliphatic heterocycles. The Hall–Kier alpha value is -3.25. The molecule has 0 amide bonds. The predicted octanol–water partition coefficient (Wildman–Crippen LogP) is 5.00. The third-order valence-corrected chi connectivity index (χ3v) is 5.86. The quantitative estimate of drug-likeness (QED) is 0.326. The summed E-state index contributed by atoms with van der Waals surface area (Å²) in [7, 11) is 3.25. The van der Waals surface area contributed by atoms with Crippen LogP contribution in [0.4, 0.5) is 0 Å². The van der Waals surface area contributed by atoms with Crippen molar-refractivity contribution in [2.75, 3.05) is 14.2 Å². The zero-order valence-corrected chi connectivity index (χ0v) is 17.9. The number of para-hydroxylation sites is 2. The second-order valence-electron chi connectivity index (χ2n) is 6.86. The molecule has 30 heavy (non-hydrogen) atoms. The fourth-order valence-corrected chi connectivity index (χ4v) is 4.23. The van der Waals surface area contributed by atoms with Crippen molar-refractivity contribution in [3.8, 4) is 17.2 Å². The lowest BCUT2D eigenvalue weighted by Crippen LogP contribution is -2.22. The van der Waals surface area contributed by atoms with Gasteiger partial charge in [-0.05, 0) is 48.9 Å². The van der Waals surface area contributed by atoms with Crippen LogP contribution >= 0.6 is 11.8 Å². The summed E-state index contributed by atoms with van der Waals surface area (Å²) in [6.07, 6.45) is 0. The minimum atomic E-state index is -0.106. The van der Waals surface area contributed by atoms with Crippen LogP contribution in [0.5, 0.6) is 11.5 Å². The Morgan fingerprint density at radius 3 is 2.47 bits per heavy atom. The molecule has 4 aromatic rings. The van der Waals surface area contributed by atoms with E-state index in [0.29, 0.717) is 33.2 Å². The van der Waals surface area contributed by atoms with E-state index < -0.39 is 0 Å². The monoisotopic (exact) mass is 418 g/mol. The first-order valence-electron chi connectivity index (χ1n) is 9.53. The van der Waals surface area contributed by atoms with Gasteiger partial charge in [0.1, 0.15) is 11.5 Å². The summed E-state index contributed by atoms with van der Waals surface area (Å²) in [6.45, 7) is 1.97. The molecule has 0 radical (unpaired) electrons. The van der Waals surface area contributed by atoms with E-state index in [9.17, 15) is 4.79 Å². The largest absolute Gasteiger partial charge is 0.497 e. The van der Waals surface area contributed by atoms with Gasteiger partial charge in [-0.15, -0.1) is 0 Å². The Morgan fingerprint density at radius 2 is 1.73 bits per heavy atom. The van der Waals surface area contributed by atoms with E-state index in [2.05, 4.69) is 0 Å². The second kappa shape index (κ2) is 8.63. The minimum Gasteiger partial charge on any atom is -0.497 e. The Morgan fingerprint density at radius 1 is 0.967 bits per heavy atom. The molecule has 0 atom stereocenters. The van der Waals surface area contributed by atoms with Gasteiger partial charge in [0.05, 0.1) is 30.8 Å². The lowest BCUT2D eigenvalue weighted by molar-refractivity contribution is 0.411. The molecule has 152 valence electrons. The fourth-order valence-electron chi connectivity index (χ4n) is 3.27. The molecule has 0 fully saturated rings. The number of rotatable bonds is 6. The third-order valence-electron chi connectivity index (χ3n) is 4.85. The van der Waals surface area contributed by atoms with E-state index in [-0.39, 0.29) is 5.56 Å². The highest BCUT2D eigenvalue weighted by Crippen LogP contribution is 2.29. The summed E-state index contributed by atoms with van der Waals surface area (Å²) in [4.78, 5) is 18.3. The number of nitrogens with zero attached hydrogens (tertiary/aromatic N) is 2. The zero-order valence-electron chi connectivity index (χ0n) is 17.1. The Balaban J connectivity index is 1.84. The summed E-state index contributed by atoms with van der Waals surface area (Å²) in [5, 5.41) is 1.21. The number of aromatic nitrogens is 2. The SMILES string of the molecule is COc1ccc(CSc2nc3ccc(C)cc3c(=O)n2-c2ccccc2OC)cc1. The molecule has 0 unspecified atom stereocenters. The molecule has 0 saturated heterocycles. The van der Waals surface area contributed by atoms with Crippen molar-refractivity contribution in [3.63, 3.8) is 0 Å². The number of aryl methyl sites for hydroxylation is 1. The Labute approximate surface area is 179 Å². The van der Waals surface area contributed by atoms with Gasteiger partial charge in [-0.25, -0.2) is 4.98 Å². The van der Waals surface area contributed by atoms with Crippen LogP contribution in [-0.4, -0.2) is 23.8 Å². The lowest BCUT2D eigenvalue weighted by Gasteiger charge is -2.16. The van der Waals surface area contributed by atoms with Crippen molar-refractivity contribution in [1.29, 1.82) is 0 Å². The van der Waals surface area contributed by atoms with Crippen LogP contribution in [-0.2, 0) is 5.75 Å². The maximum absolute atomic E-state index is 13.5. The van der Waals surface area contributed by atoms with Gasteiger partial charge in [0.25, 0.3) is 5.56 Å². The zero-order chi connectivity index (χ0) is 21.1. The number of ether oxygens (including phenoxy) is 2. The number of thioether (sulfide) groups is 1. The number of hydrogen-bond acceptors (Lipinski definition) is 5. The van der Waals surface area contributed by atoms with Gasteiger partial charge in [0, 0.05) is 5.75 Å². The van der Waals surface area contributed by atoms with E-state index in [1.165, 1.54) is 11.8 Å². The molecule has 0 spiro atoms. The van der Waals surface area contributed by atoms with Crippen LogP contribution in [0.1, 0.15) is 11.1 Å². The van der Waals surface area contributed by atoms with Gasteiger partial charge in [0.2, 0.25) is 0 Å². The average molecular weight is 419 g/mol. The van der Waals surface area contributed by atoms with E-state index >= 15 is 0 Å². The topological polar surface area (TPSA) is 53.3 Å². The molecule has 5 nitrogen and oxygen atoms in total. The third kappa shape index (κ3) is 3.91. The summed E-state index contributed by atoms with van der Waals surface area (Å²) in [5.74, 6) is 2.11. The summed E-state index contributed by atoms with van der Waals surface area (Å²) < 4.78 is 12.4. The van der Waals surface area contributed by atoms with Gasteiger partial charge in [-0.2, -0.15) is 0 Å². The lowest BCUT2D eigenvalue weighted by atomic mass is 10.1. The van der Waals surface area contributed by atoms with E-state index in [1.54, 1.807) is 18.8 Å². The van der Waals surface area contributed by atoms with Crippen LogP contribution in [0.15, 0.2) is 76.7 Å². The van der Waals surface area contributed by atoms with Crippen LogP contribution in [0.3, 0.4) is 0 Å². The van der Waals surface area contributed by atoms with Crippen LogP contribution in [0.25, 0.3) is 16.6 Å². The summed E-state index contributed by atoms with van der Waals surface area (Å²) in [6, 6.07) is 21.1. The molecule has 0 N–H and O–H groups in total. The Bertz CT molecular complexity index is 1250. The maximum Gasteiger partial charge on any atom is 0.266 e. The van der Waals surface area contributed by atoms with Gasteiger partial charge in [-0.1, -0.05) is 47.7 Å². The highest BCUT2D eigenvalue weighted by atomic mass is 32.2. The van der Waals surface area contributed by atoms with Gasteiger partial charge in [-0.3, -0.25) is 9.36 Å². The first-order chi connectivity index (χ1) is 14.6. The van der Waals surface area contributed by atoms with Gasteiger partial charge >= 0.3 is 0 Å². The maximum atomic E-state index is 13.5. The van der Waals surface area contributed by atoms with Crippen LogP contribution in [0.2, 0.25) is 0 Å². The van der Waals surface area contributed by atoms with Crippen molar-refractivity contribution in [2.24, 2.45) is 0 Å². The molecular formula is C24H22N2O3S. The number of hydrogen-bond donors (Lipinski definition) is 0. The Kier molecular flexibility index (Phi) is 5.77. The first-order valence-corrected chi connectivity index (χ1v) is 10.5. The number of benzene rings is 3. The van der Waals surface area contributed by atoms with Crippen molar-refractivity contribution >= 4 is 22.7 Å². The molecule has 0 bridgehead atoms. The second-order valence-corrected chi connectivity index (χ2v) is 7.81. The van der Waals surface area contributed by atoms with Crippen molar-refractivity contribution in [3.05, 3.63) is 88.2 Å². The molecule has 0 saturated carbocycles. The highest BCUT2D eigenvalue weighted by molar-refractivity contribution is 7.98.